The lowest BCUT2D eigenvalue weighted by atomic mass is 10.1. The minimum Gasteiger partial charge on any atom is -0.364 e. The van der Waals surface area contributed by atoms with Gasteiger partial charge in [0.2, 0.25) is 5.91 Å². The number of aromatic nitrogens is 4. The van der Waals surface area contributed by atoms with Crippen LogP contribution in [0.3, 0.4) is 0 Å². The Labute approximate surface area is 173 Å². The number of amides is 2. The van der Waals surface area contributed by atoms with Crippen LogP contribution in [0.2, 0.25) is 0 Å². The number of hydrogen-bond acceptors (Lipinski definition) is 7. The first-order chi connectivity index (χ1) is 14.3. The van der Waals surface area contributed by atoms with Crippen LogP contribution >= 0.6 is 0 Å². The third kappa shape index (κ3) is 4.12. The highest BCUT2D eigenvalue weighted by Crippen LogP contribution is 2.28. The van der Waals surface area contributed by atoms with E-state index in [-0.39, 0.29) is 30.7 Å². The van der Waals surface area contributed by atoms with Gasteiger partial charge in [0.15, 0.2) is 5.69 Å². The SMILES string of the molecule is CC(C)N(CC=O)C(=O)Cn1nc(C(N)=O)c2cc(N(C)c3cncnc3)ccc21. The predicted octanol–water partition coefficient (Wildman–Crippen LogP) is 1.13. The lowest BCUT2D eigenvalue weighted by molar-refractivity contribution is -0.135. The molecule has 1 aromatic carbocycles. The van der Waals surface area contributed by atoms with Crippen LogP contribution in [-0.4, -0.2) is 62.4 Å². The van der Waals surface area contributed by atoms with E-state index in [2.05, 4.69) is 15.1 Å². The van der Waals surface area contributed by atoms with Crippen LogP contribution in [0.4, 0.5) is 11.4 Å². The standard InChI is InChI=1S/C20H23N7O3/c1-13(2)26(6-7-28)18(29)11-27-17-5-4-14(8-16(17)19(24-27)20(21)30)25(3)15-9-22-12-23-10-15/h4-5,7-10,12-13H,6,11H2,1-3H3,(H2,21,30). The van der Waals surface area contributed by atoms with Crippen molar-refractivity contribution < 1.29 is 14.4 Å². The largest absolute Gasteiger partial charge is 0.364 e. The average Bonchev–Trinajstić information content (AvgIpc) is 3.09. The Morgan fingerprint density at radius 3 is 2.50 bits per heavy atom. The Morgan fingerprint density at radius 2 is 1.90 bits per heavy atom. The van der Waals surface area contributed by atoms with E-state index in [1.54, 1.807) is 24.5 Å². The molecule has 156 valence electrons. The summed E-state index contributed by atoms with van der Waals surface area (Å²) in [5, 5.41) is 4.80. The molecular formula is C20H23N7O3. The number of primary amides is 1. The zero-order chi connectivity index (χ0) is 21.8. The zero-order valence-corrected chi connectivity index (χ0v) is 17.0. The van der Waals surface area contributed by atoms with Crippen molar-refractivity contribution in [3.8, 4) is 0 Å². The van der Waals surface area contributed by atoms with Crippen LogP contribution in [0.25, 0.3) is 10.9 Å². The molecule has 0 aliphatic rings. The number of nitrogens with two attached hydrogens (primary N) is 1. The minimum absolute atomic E-state index is 0.00747. The van der Waals surface area contributed by atoms with Crippen LogP contribution in [-0.2, 0) is 16.1 Å². The molecule has 2 aromatic heterocycles. The Hall–Kier alpha value is -3.82. The minimum atomic E-state index is -0.692. The maximum atomic E-state index is 12.7. The van der Waals surface area contributed by atoms with E-state index in [9.17, 15) is 14.4 Å². The third-order valence-electron chi connectivity index (χ3n) is 4.79. The molecule has 0 aliphatic heterocycles. The lowest BCUT2D eigenvalue weighted by Crippen LogP contribution is -2.40. The Morgan fingerprint density at radius 1 is 1.20 bits per heavy atom. The molecule has 2 N–H and O–H groups in total. The highest BCUT2D eigenvalue weighted by molar-refractivity contribution is 6.05. The summed E-state index contributed by atoms with van der Waals surface area (Å²) in [5.41, 5.74) is 7.73. The van der Waals surface area contributed by atoms with Crippen LogP contribution in [0, 0.1) is 0 Å². The van der Waals surface area contributed by atoms with Gasteiger partial charge >= 0.3 is 0 Å². The molecule has 30 heavy (non-hydrogen) atoms. The molecule has 0 bridgehead atoms. The second-order valence-corrected chi connectivity index (χ2v) is 7.03. The van der Waals surface area contributed by atoms with Gasteiger partial charge in [-0.2, -0.15) is 5.10 Å². The molecule has 0 saturated carbocycles. The lowest BCUT2D eigenvalue weighted by Gasteiger charge is -2.24. The topological polar surface area (TPSA) is 127 Å². The number of rotatable bonds is 8. The van der Waals surface area contributed by atoms with E-state index in [4.69, 9.17) is 5.73 Å². The van der Waals surface area contributed by atoms with E-state index in [0.717, 1.165) is 11.4 Å². The molecule has 2 heterocycles. The van der Waals surface area contributed by atoms with Gasteiger partial charge in [-0.05, 0) is 32.0 Å². The van der Waals surface area contributed by atoms with Gasteiger partial charge in [0, 0.05) is 24.2 Å². The van der Waals surface area contributed by atoms with Crippen molar-refractivity contribution in [1.29, 1.82) is 0 Å². The predicted molar refractivity (Wildman–Crippen MR) is 111 cm³/mol. The van der Waals surface area contributed by atoms with Crippen molar-refractivity contribution in [2.75, 3.05) is 18.5 Å². The fraction of sp³-hybridized carbons (Fsp3) is 0.300. The molecule has 3 aromatic rings. The molecule has 0 fully saturated rings. The van der Waals surface area contributed by atoms with Crippen LogP contribution in [0.15, 0.2) is 36.9 Å². The average molecular weight is 409 g/mol. The summed E-state index contributed by atoms with van der Waals surface area (Å²) in [5.74, 6) is -0.970. The van der Waals surface area contributed by atoms with Gasteiger partial charge < -0.3 is 20.3 Å². The first kappa shape index (κ1) is 20.9. The molecule has 0 aliphatic carbocycles. The van der Waals surface area contributed by atoms with E-state index < -0.39 is 5.91 Å². The Bertz CT molecular complexity index is 1080. The maximum Gasteiger partial charge on any atom is 0.269 e. The molecular weight excluding hydrogens is 386 g/mol. The van der Waals surface area contributed by atoms with Gasteiger partial charge in [-0.15, -0.1) is 0 Å². The Kier molecular flexibility index (Phi) is 6.05. The van der Waals surface area contributed by atoms with Gasteiger partial charge in [0.25, 0.3) is 5.91 Å². The van der Waals surface area contributed by atoms with Gasteiger partial charge in [-0.25, -0.2) is 9.97 Å². The summed E-state index contributed by atoms with van der Waals surface area (Å²) in [6.45, 7) is 3.53. The zero-order valence-electron chi connectivity index (χ0n) is 17.0. The third-order valence-corrected chi connectivity index (χ3v) is 4.79. The highest BCUT2D eigenvalue weighted by atomic mass is 16.2. The first-order valence-corrected chi connectivity index (χ1v) is 9.35. The summed E-state index contributed by atoms with van der Waals surface area (Å²) >= 11 is 0. The molecule has 10 heteroatoms. The van der Waals surface area contributed by atoms with E-state index >= 15 is 0 Å². The maximum absolute atomic E-state index is 12.7. The van der Waals surface area contributed by atoms with Crippen molar-refractivity contribution in [1.82, 2.24) is 24.6 Å². The molecule has 3 rings (SSSR count). The van der Waals surface area contributed by atoms with Gasteiger partial charge in [0.05, 0.1) is 30.1 Å². The van der Waals surface area contributed by atoms with Crippen LogP contribution < -0.4 is 10.6 Å². The summed E-state index contributed by atoms with van der Waals surface area (Å²) in [6, 6.07) is 5.25. The molecule has 0 spiro atoms. The normalized spacial score (nSPS) is 10.9. The van der Waals surface area contributed by atoms with Gasteiger partial charge in [-0.3, -0.25) is 14.3 Å². The van der Waals surface area contributed by atoms with E-state index in [0.29, 0.717) is 17.2 Å². The van der Waals surface area contributed by atoms with Crippen molar-refractivity contribution >= 4 is 40.4 Å². The van der Waals surface area contributed by atoms with Crippen molar-refractivity contribution in [2.45, 2.75) is 26.4 Å². The second-order valence-electron chi connectivity index (χ2n) is 7.03. The fourth-order valence-corrected chi connectivity index (χ4v) is 3.19. The monoisotopic (exact) mass is 409 g/mol. The van der Waals surface area contributed by atoms with Crippen LogP contribution in [0.1, 0.15) is 24.3 Å². The fourth-order valence-electron chi connectivity index (χ4n) is 3.19. The molecule has 0 radical (unpaired) electrons. The van der Waals surface area contributed by atoms with Crippen molar-refractivity contribution in [2.24, 2.45) is 5.73 Å². The number of carbonyl (C=O) groups excluding carboxylic acids is 3. The summed E-state index contributed by atoms with van der Waals surface area (Å²) in [7, 11) is 1.84. The summed E-state index contributed by atoms with van der Waals surface area (Å²) in [4.78, 5) is 46.9. The summed E-state index contributed by atoms with van der Waals surface area (Å²) in [6.07, 6.45) is 5.46. The number of hydrogen-bond donors (Lipinski definition) is 1. The van der Waals surface area contributed by atoms with E-state index in [1.165, 1.54) is 15.9 Å². The van der Waals surface area contributed by atoms with Crippen molar-refractivity contribution in [3.05, 3.63) is 42.6 Å². The van der Waals surface area contributed by atoms with Gasteiger partial charge in [-0.1, -0.05) is 0 Å². The number of benzene rings is 1. The number of fused-ring (bicyclic) bond motifs is 1. The number of carbonyl (C=O) groups is 3. The van der Waals surface area contributed by atoms with E-state index in [1.807, 2.05) is 31.9 Å². The summed E-state index contributed by atoms with van der Waals surface area (Å²) < 4.78 is 1.44. The quantitative estimate of drug-likeness (QED) is 0.552. The molecule has 10 nitrogen and oxygen atoms in total. The molecule has 0 unspecified atom stereocenters. The van der Waals surface area contributed by atoms with Crippen LogP contribution in [0.5, 0.6) is 0 Å². The Balaban J connectivity index is 2.00. The molecule has 2 amide bonds. The molecule has 0 saturated heterocycles. The smallest absolute Gasteiger partial charge is 0.269 e. The molecule has 0 atom stereocenters. The first-order valence-electron chi connectivity index (χ1n) is 9.35. The number of aldehydes is 1. The van der Waals surface area contributed by atoms with Crippen molar-refractivity contribution in [3.63, 3.8) is 0 Å². The number of nitrogens with zero attached hydrogens (tertiary/aromatic N) is 6. The highest BCUT2D eigenvalue weighted by Gasteiger charge is 2.21. The van der Waals surface area contributed by atoms with Gasteiger partial charge in [0.1, 0.15) is 19.2 Å². The second kappa shape index (κ2) is 8.68. The number of anilines is 2.